The van der Waals surface area contributed by atoms with Crippen molar-refractivity contribution in [1.82, 2.24) is 15.3 Å². The summed E-state index contributed by atoms with van der Waals surface area (Å²) in [6.45, 7) is 13.0. The Balaban J connectivity index is 1.69. The number of amidine groups is 2. The van der Waals surface area contributed by atoms with Crippen LogP contribution in [0.4, 0.5) is 10.3 Å². The van der Waals surface area contributed by atoms with Crippen LogP contribution in [0.5, 0.6) is 0 Å². The van der Waals surface area contributed by atoms with E-state index >= 15 is 0 Å². The number of benzene rings is 1. The van der Waals surface area contributed by atoms with Crippen molar-refractivity contribution in [2.75, 3.05) is 0 Å². The molecule has 0 radical (unpaired) electrons. The highest BCUT2D eigenvalue weighted by molar-refractivity contribution is 7.13. The minimum Gasteiger partial charge on any atom is -0.324 e. The molecule has 0 atom stereocenters. The van der Waals surface area contributed by atoms with Gasteiger partial charge in [0.15, 0.2) is 0 Å². The summed E-state index contributed by atoms with van der Waals surface area (Å²) < 4.78 is 0. The zero-order chi connectivity index (χ0) is 20.8. The molecule has 3 heterocycles. The molecular formula is C22H25N5S2. The summed E-state index contributed by atoms with van der Waals surface area (Å²) in [5, 5.41) is 9.04. The summed E-state index contributed by atoms with van der Waals surface area (Å²) in [6, 6.07) is 8.15. The topological polar surface area (TPSA) is 62.5 Å². The number of aliphatic imine (C=N–C) groups is 2. The van der Waals surface area contributed by atoms with Gasteiger partial charge >= 0.3 is 0 Å². The van der Waals surface area contributed by atoms with Crippen LogP contribution in [-0.4, -0.2) is 21.6 Å². The molecule has 5 nitrogen and oxygen atoms in total. The maximum Gasteiger partial charge on any atom is 0.211 e. The number of rotatable bonds is 2. The summed E-state index contributed by atoms with van der Waals surface area (Å²) in [5.74, 6) is 1.56. The lowest BCUT2D eigenvalue weighted by molar-refractivity contribution is 0.573. The van der Waals surface area contributed by atoms with Crippen molar-refractivity contribution in [1.29, 1.82) is 0 Å². The summed E-state index contributed by atoms with van der Waals surface area (Å²) in [6.07, 6.45) is 0. The molecule has 2 aromatic heterocycles. The Hall–Kier alpha value is -2.38. The molecule has 0 bridgehead atoms. The standard InChI is InChI=1S/C22H25N5S2/c1-21(2,3)15-11-28-19(23-15)26-17-13-9-7-8-10-14(13)18(25-17)27-20-24-16(12-29-20)22(4,5)6/h7-12H,1-6H3,(H,23,24,25,26,27). The first-order chi connectivity index (χ1) is 13.6. The van der Waals surface area contributed by atoms with E-state index in [9.17, 15) is 0 Å². The van der Waals surface area contributed by atoms with Gasteiger partial charge in [0.2, 0.25) is 10.3 Å². The third-order valence-corrected chi connectivity index (χ3v) is 6.08. The number of hydrogen-bond acceptors (Lipinski definition) is 6. The lowest BCUT2D eigenvalue weighted by Gasteiger charge is -2.13. The molecule has 0 saturated carbocycles. The maximum atomic E-state index is 4.79. The van der Waals surface area contributed by atoms with Crippen molar-refractivity contribution in [3.63, 3.8) is 0 Å². The third kappa shape index (κ3) is 4.16. The van der Waals surface area contributed by atoms with E-state index in [2.05, 4.69) is 69.8 Å². The molecule has 1 aliphatic heterocycles. The van der Waals surface area contributed by atoms with E-state index in [-0.39, 0.29) is 10.8 Å². The fourth-order valence-corrected chi connectivity index (χ4v) is 4.67. The quantitative estimate of drug-likeness (QED) is 0.553. The normalized spacial score (nSPS) is 17.0. The first kappa shape index (κ1) is 19.9. The molecule has 0 aliphatic carbocycles. The molecule has 0 spiro atoms. The van der Waals surface area contributed by atoms with Gasteiger partial charge in [-0.05, 0) is 0 Å². The molecule has 7 heteroatoms. The number of fused-ring (bicyclic) bond motifs is 1. The van der Waals surface area contributed by atoms with Gasteiger partial charge in [-0.3, -0.25) is 0 Å². The Morgan fingerprint density at radius 3 is 1.48 bits per heavy atom. The zero-order valence-corrected chi connectivity index (χ0v) is 19.2. The van der Waals surface area contributed by atoms with Crippen LogP contribution in [0.1, 0.15) is 64.1 Å². The van der Waals surface area contributed by atoms with Gasteiger partial charge in [-0.2, -0.15) is 0 Å². The van der Waals surface area contributed by atoms with E-state index in [0.29, 0.717) is 0 Å². The number of thiazole rings is 2. The van der Waals surface area contributed by atoms with Crippen molar-refractivity contribution in [2.45, 2.75) is 52.4 Å². The minimum atomic E-state index is 0.0121. The molecule has 0 amide bonds. The molecule has 0 unspecified atom stereocenters. The number of nitrogens with one attached hydrogen (secondary N) is 1. The van der Waals surface area contributed by atoms with Gasteiger partial charge in [-0.1, -0.05) is 65.8 Å². The average molecular weight is 424 g/mol. The Morgan fingerprint density at radius 1 is 0.724 bits per heavy atom. The zero-order valence-electron chi connectivity index (χ0n) is 17.6. The summed E-state index contributed by atoms with van der Waals surface area (Å²) in [4.78, 5) is 19.0. The number of hydrogen-bond donors (Lipinski definition) is 1. The van der Waals surface area contributed by atoms with E-state index < -0.39 is 0 Å². The van der Waals surface area contributed by atoms with Gasteiger partial charge in [-0.15, -0.1) is 22.7 Å². The molecule has 0 saturated heterocycles. The van der Waals surface area contributed by atoms with Crippen LogP contribution in [-0.2, 0) is 10.8 Å². The van der Waals surface area contributed by atoms with Crippen LogP contribution in [0.15, 0.2) is 45.0 Å². The summed E-state index contributed by atoms with van der Waals surface area (Å²) >= 11 is 3.12. The number of nitrogens with zero attached hydrogens (tertiary/aromatic N) is 4. The fourth-order valence-electron chi connectivity index (χ4n) is 2.83. The maximum absolute atomic E-state index is 4.79. The van der Waals surface area contributed by atoms with Crippen LogP contribution >= 0.6 is 22.7 Å². The Kier molecular flexibility index (Phi) is 4.91. The van der Waals surface area contributed by atoms with Crippen molar-refractivity contribution in [3.8, 4) is 0 Å². The second-order valence-corrected chi connectivity index (χ2v) is 10.8. The Bertz CT molecular complexity index is 1020. The predicted molar refractivity (Wildman–Crippen MR) is 124 cm³/mol. The molecule has 1 N–H and O–H groups in total. The first-order valence-corrected chi connectivity index (χ1v) is 11.3. The summed E-state index contributed by atoms with van der Waals surface area (Å²) in [5.41, 5.74) is 4.20. The van der Waals surface area contributed by atoms with Crippen molar-refractivity contribution < 1.29 is 0 Å². The SMILES string of the molecule is CC(C)(C)c1csc(/N=C2\N/C(=N/c3nc(C(C)(C)C)cs3)c3ccccc32)n1. The lowest BCUT2D eigenvalue weighted by atomic mass is 9.93. The van der Waals surface area contributed by atoms with Gasteiger partial charge in [0.1, 0.15) is 11.7 Å². The van der Waals surface area contributed by atoms with Crippen molar-refractivity contribution >= 4 is 44.6 Å². The van der Waals surface area contributed by atoms with Gasteiger partial charge < -0.3 is 5.32 Å². The fraction of sp³-hybridized carbons (Fsp3) is 0.364. The second-order valence-electron chi connectivity index (χ2n) is 9.12. The van der Waals surface area contributed by atoms with E-state index in [1.165, 1.54) is 0 Å². The average Bonchev–Trinajstić information content (AvgIpc) is 3.35. The first-order valence-electron chi connectivity index (χ1n) is 9.57. The van der Waals surface area contributed by atoms with Gasteiger partial charge in [-0.25, -0.2) is 20.0 Å². The molecule has 4 rings (SSSR count). The Labute approximate surface area is 179 Å². The minimum absolute atomic E-state index is 0.0121. The number of aromatic nitrogens is 2. The molecule has 29 heavy (non-hydrogen) atoms. The smallest absolute Gasteiger partial charge is 0.211 e. The monoisotopic (exact) mass is 423 g/mol. The van der Waals surface area contributed by atoms with Crippen molar-refractivity contribution in [3.05, 3.63) is 57.5 Å². The highest BCUT2D eigenvalue weighted by Gasteiger charge is 2.25. The molecule has 150 valence electrons. The summed E-state index contributed by atoms with van der Waals surface area (Å²) in [7, 11) is 0. The largest absolute Gasteiger partial charge is 0.324 e. The second kappa shape index (κ2) is 7.15. The van der Waals surface area contributed by atoms with E-state index in [4.69, 9.17) is 20.0 Å². The highest BCUT2D eigenvalue weighted by Crippen LogP contribution is 2.31. The van der Waals surface area contributed by atoms with Crippen molar-refractivity contribution in [2.24, 2.45) is 9.98 Å². The van der Waals surface area contributed by atoms with Crippen LogP contribution in [0.2, 0.25) is 0 Å². The molecule has 3 aromatic rings. The van der Waals surface area contributed by atoms with Crippen LogP contribution in [0.3, 0.4) is 0 Å². The molecule has 0 fully saturated rings. The van der Waals surface area contributed by atoms with E-state index in [1.807, 2.05) is 12.1 Å². The van der Waals surface area contributed by atoms with Gasteiger partial charge in [0, 0.05) is 32.7 Å². The molecule has 1 aromatic carbocycles. The molecule has 1 aliphatic rings. The lowest BCUT2D eigenvalue weighted by Crippen LogP contribution is -2.22. The predicted octanol–water partition coefficient (Wildman–Crippen LogP) is 5.95. The van der Waals surface area contributed by atoms with Crippen LogP contribution in [0.25, 0.3) is 0 Å². The Morgan fingerprint density at radius 2 is 1.14 bits per heavy atom. The molecular weight excluding hydrogens is 398 g/mol. The van der Waals surface area contributed by atoms with E-state index in [1.54, 1.807) is 22.7 Å². The third-order valence-electron chi connectivity index (χ3n) is 4.61. The van der Waals surface area contributed by atoms with Gasteiger partial charge in [0.05, 0.1) is 11.4 Å². The van der Waals surface area contributed by atoms with Crippen LogP contribution < -0.4 is 5.32 Å². The van der Waals surface area contributed by atoms with E-state index in [0.717, 1.165) is 44.4 Å². The van der Waals surface area contributed by atoms with Gasteiger partial charge in [0.25, 0.3) is 0 Å². The van der Waals surface area contributed by atoms with Crippen LogP contribution in [0, 0.1) is 0 Å². The highest BCUT2D eigenvalue weighted by atomic mass is 32.1.